The summed E-state index contributed by atoms with van der Waals surface area (Å²) < 4.78 is 0. The molecule has 4 heteroatoms. The molecule has 0 aliphatic rings. The summed E-state index contributed by atoms with van der Waals surface area (Å²) in [5, 5.41) is 0.593. The molecule has 1 heterocycles. The Labute approximate surface area is 75.4 Å². The third kappa shape index (κ3) is 2.57. The molecule has 0 saturated carbocycles. The zero-order valence-corrected chi connectivity index (χ0v) is 7.35. The normalized spacial score (nSPS) is 7.50. The molecule has 0 aliphatic carbocycles. The summed E-state index contributed by atoms with van der Waals surface area (Å²) in [6.45, 7) is 0. The van der Waals surface area contributed by atoms with Crippen molar-refractivity contribution in [2.75, 3.05) is 0 Å². The van der Waals surface area contributed by atoms with Gasteiger partial charge in [-0.1, -0.05) is 5.03 Å². The van der Waals surface area contributed by atoms with Crippen molar-refractivity contribution in [1.29, 1.82) is 0 Å². The molecule has 0 saturated heterocycles. The predicted octanol–water partition coefficient (Wildman–Crippen LogP) is -2.61. The minimum absolute atomic E-state index is 0. The van der Waals surface area contributed by atoms with Gasteiger partial charge < -0.3 is 12.6 Å². The van der Waals surface area contributed by atoms with Gasteiger partial charge in [0.2, 0.25) is 0 Å². The van der Waals surface area contributed by atoms with Crippen molar-refractivity contribution in [3.8, 4) is 0 Å². The summed E-state index contributed by atoms with van der Waals surface area (Å²) in [5.41, 5.74) is 0. The van der Waals surface area contributed by atoms with Crippen LogP contribution in [0.5, 0.6) is 0 Å². The van der Waals surface area contributed by atoms with E-state index in [9.17, 15) is 0 Å². The topological polar surface area (TPSA) is 25.8 Å². The van der Waals surface area contributed by atoms with Gasteiger partial charge in [-0.2, -0.15) is 0 Å². The molecule has 0 atom stereocenters. The first kappa shape index (κ1) is 8.30. The van der Waals surface area contributed by atoms with Crippen LogP contribution in [-0.4, -0.2) is 9.97 Å². The molecule has 0 N–H and O–H groups in total. The smallest absolute Gasteiger partial charge is 0.760 e. The molecule has 0 bridgehead atoms. The van der Waals surface area contributed by atoms with Gasteiger partial charge in [0.05, 0.1) is 0 Å². The second kappa shape index (κ2) is 4.21. The first-order chi connectivity index (χ1) is 3.39. The number of aromatic nitrogens is 2. The summed E-state index contributed by atoms with van der Waals surface area (Å²) in [5.74, 6) is 0. The monoisotopic (exact) mass is 134 g/mol. The Balaban J connectivity index is 0.000000490. The Bertz CT molecular complexity index is 144. The summed E-state index contributed by atoms with van der Waals surface area (Å²) in [4.78, 5) is 7.35. The molecule has 0 aliphatic heterocycles. The van der Waals surface area contributed by atoms with Gasteiger partial charge in [0.15, 0.2) is 0 Å². The zero-order valence-electron chi connectivity index (χ0n) is 4.53. The van der Waals surface area contributed by atoms with E-state index >= 15 is 0 Å². The molecule has 1 aromatic rings. The summed E-state index contributed by atoms with van der Waals surface area (Å²) in [6, 6.07) is 1.68. The fraction of sp³-hybridized carbons (Fsp3) is 0. The third-order valence-corrected chi connectivity index (χ3v) is 0.796. The molecule has 36 valence electrons. The van der Waals surface area contributed by atoms with Crippen LogP contribution in [0, 0.1) is 0 Å². The van der Waals surface area contributed by atoms with Crippen LogP contribution in [0.1, 0.15) is 0 Å². The zero-order chi connectivity index (χ0) is 5.11. The fourth-order valence-corrected chi connectivity index (χ4v) is 0.387. The van der Waals surface area contributed by atoms with Gasteiger partial charge in [0.25, 0.3) is 0 Å². The van der Waals surface area contributed by atoms with Crippen LogP contribution in [0.25, 0.3) is 0 Å². The minimum Gasteiger partial charge on any atom is -0.760 e. The Hall–Kier alpha value is 0.300. The average molecular weight is 134 g/mol. The minimum atomic E-state index is 0. The standard InChI is InChI=1S/C4H4N2S.Na/c7-4-1-2-5-3-6-4;/h1-3H,(H,5,6,7);/q;+1/p-1. The number of nitrogens with zero attached hydrogens (tertiary/aromatic N) is 2. The quantitative estimate of drug-likeness (QED) is 0.221. The molecule has 0 amide bonds. The predicted molar refractivity (Wildman–Crippen MR) is 27.7 cm³/mol. The van der Waals surface area contributed by atoms with Crippen molar-refractivity contribution in [1.82, 2.24) is 9.97 Å². The van der Waals surface area contributed by atoms with Gasteiger partial charge in [0, 0.05) is 6.20 Å². The molecule has 1 rings (SSSR count). The van der Waals surface area contributed by atoms with Crippen LogP contribution in [0.15, 0.2) is 23.6 Å². The van der Waals surface area contributed by atoms with Crippen molar-refractivity contribution < 1.29 is 29.6 Å². The molecule has 0 aromatic carbocycles. The maximum atomic E-state index is 4.66. The Morgan fingerprint density at radius 3 is 2.50 bits per heavy atom. The summed E-state index contributed by atoms with van der Waals surface area (Å²) >= 11 is 4.66. The van der Waals surface area contributed by atoms with Crippen LogP contribution in [-0.2, 0) is 12.6 Å². The van der Waals surface area contributed by atoms with E-state index in [0.29, 0.717) is 5.03 Å². The second-order valence-electron chi connectivity index (χ2n) is 1.05. The van der Waals surface area contributed by atoms with Gasteiger partial charge in [0.1, 0.15) is 6.33 Å². The largest absolute Gasteiger partial charge is 1.00 e. The van der Waals surface area contributed by atoms with Crippen molar-refractivity contribution in [2.24, 2.45) is 0 Å². The van der Waals surface area contributed by atoms with Gasteiger partial charge in [-0.15, -0.1) is 0 Å². The Morgan fingerprint density at radius 1 is 1.50 bits per heavy atom. The van der Waals surface area contributed by atoms with E-state index in [1.807, 2.05) is 0 Å². The molecular formula is C4H3N2NaS. The average Bonchev–Trinajstić information content (AvgIpc) is 1.69. The number of hydrogen-bond donors (Lipinski definition) is 0. The van der Waals surface area contributed by atoms with E-state index in [4.69, 9.17) is 0 Å². The van der Waals surface area contributed by atoms with Crippen LogP contribution in [0.3, 0.4) is 0 Å². The van der Waals surface area contributed by atoms with Crippen LogP contribution in [0.2, 0.25) is 0 Å². The first-order valence-corrected chi connectivity index (χ1v) is 2.23. The molecule has 0 spiro atoms. The van der Waals surface area contributed by atoms with E-state index < -0.39 is 0 Å². The second-order valence-corrected chi connectivity index (χ2v) is 1.47. The van der Waals surface area contributed by atoms with Crippen molar-refractivity contribution in [2.45, 2.75) is 5.03 Å². The van der Waals surface area contributed by atoms with Crippen LogP contribution in [0.4, 0.5) is 0 Å². The van der Waals surface area contributed by atoms with E-state index in [-0.39, 0.29) is 29.6 Å². The SMILES string of the molecule is [Na+].[S-]c1ccncn1. The summed E-state index contributed by atoms with van der Waals surface area (Å²) in [7, 11) is 0. The van der Waals surface area contributed by atoms with Gasteiger partial charge >= 0.3 is 29.6 Å². The molecule has 1 aromatic heterocycles. The van der Waals surface area contributed by atoms with Crippen LogP contribution >= 0.6 is 0 Å². The summed E-state index contributed by atoms with van der Waals surface area (Å²) in [6.07, 6.45) is 3.05. The van der Waals surface area contributed by atoms with Gasteiger partial charge in [-0.25, -0.2) is 4.98 Å². The van der Waals surface area contributed by atoms with E-state index in [0.717, 1.165) is 0 Å². The van der Waals surface area contributed by atoms with Crippen molar-refractivity contribution in [3.05, 3.63) is 18.6 Å². The van der Waals surface area contributed by atoms with E-state index in [1.54, 1.807) is 12.3 Å². The molecule has 0 fully saturated rings. The Kier molecular flexibility index (Phi) is 4.36. The maximum absolute atomic E-state index is 4.66. The number of rotatable bonds is 0. The maximum Gasteiger partial charge on any atom is 1.00 e. The number of hydrogen-bond acceptors (Lipinski definition) is 3. The third-order valence-electron chi connectivity index (χ3n) is 0.555. The van der Waals surface area contributed by atoms with E-state index in [1.165, 1.54) is 6.33 Å². The molecule has 8 heavy (non-hydrogen) atoms. The van der Waals surface area contributed by atoms with Crippen LogP contribution < -0.4 is 29.6 Å². The molecule has 0 radical (unpaired) electrons. The van der Waals surface area contributed by atoms with Crippen molar-refractivity contribution >= 4 is 12.6 Å². The fourth-order valence-electron chi connectivity index (χ4n) is 0.279. The molecular weight excluding hydrogens is 131 g/mol. The van der Waals surface area contributed by atoms with Gasteiger partial charge in [-0.05, 0) is 6.07 Å². The molecule has 2 nitrogen and oxygen atoms in total. The molecule has 0 unspecified atom stereocenters. The first-order valence-electron chi connectivity index (χ1n) is 1.82. The van der Waals surface area contributed by atoms with Gasteiger partial charge in [-0.3, -0.25) is 4.98 Å². The van der Waals surface area contributed by atoms with Crippen molar-refractivity contribution in [3.63, 3.8) is 0 Å². The van der Waals surface area contributed by atoms with E-state index in [2.05, 4.69) is 22.6 Å². The Morgan fingerprint density at radius 2 is 2.25 bits per heavy atom.